The number of aliphatic carboxylic acids is 2. The molecule has 216 valence electrons. The Morgan fingerprint density at radius 1 is 0.975 bits per heavy atom. The van der Waals surface area contributed by atoms with Crippen LogP contribution in [-0.2, 0) is 14.4 Å². The Kier molecular flexibility index (Phi) is 13.6. The Bertz CT molecular complexity index is 1290. The summed E-state index contributed by atoms with van der Waals surface area (Å²) in [5, 5.41) is 31.2. The van der Waals surface area contributed by atoms with E-state index < -0.39 is 46.4 Å². The van der Waals surface area contributed by atoms with E-state index in [9.17, 15) is 39.2 Å². The van der Waals surface area contributed by atoms with Crippen molar-refractivity contribution in [2.75, 3.05) is 12.0 Å². The van der Waals surface area contributed by atoms with Crippen LogP contribution in [0, 0.1) is 17.0 Å². The summed E-state index contributed by atoms with van der Waals surface area (Å²) in [4.78, 5) is 67.3. The van der Waals surface area contributed by atoms with Crippen molar-refractivity contribution in [3.8, 4) is 0 Å². The molecule has 2 aromatic rings. The van der Waals surface area contributed by atoms with Gasteiger partial charge in [-0.2, -0.15) is 0 Å². The van der Waals surface area contributed by atoms with E-state index in [1.165, 1.54) is 17.0 Å². The first kappa shape index (κ1) is 33.9. The maximum Gasteiger partial charge on any atom is 0.327 e. The van der Waals surface area contributed by atoms with Crippen molar-refractivity contribution < 1.29 is 39.1 Å². The molecule has 0 aromatic heterocycles. The molecule has 2 rings (SSSR count). The highest BCUT2D eigenvalue weighted by Gasteiger charge is 2.24. The fourth-order valence-corrected chi connectivity index (χ4v) is 4.59. The molecule has 0 saturated carbocycles. The minimum absolute atomic E-state index is 0.0751. The zero-order valence-corrected chi connectivity index (χ0v) is 23.1. The molecule has 0 saturated heterocycles. The zero-order chi connectivity index (χ0) is 30.6. The Morgan fingerprint density at radius 3 is 1.98 bits per heavy atom. The SMILES string of the molecule is CSc1ccc(C(N)=O)cc1C.NC(=O)c1ccc(SCC(NC(=O)CCC(N)C(=O)O)C(=O)O)c([N+](=O)[O-])c1. The van der Waals surface area contributed by atoms with Crippen LogP contribution in [0.4, 0.5) is 5.69 Å². The third kappa shape index (κ3) is 10.9. The van der Waals surface area contributed by atoms with Gasteiger partial charge in [0.15, 0.2) is 0 Å². The highest BCUT2D eigenvalue weighted by Crippen LogP contribution is 2.30. The molecule has 2 unspecified atom stereocenters. The van der Waals surface area contributed by atoms with Crippen LogP contribution in [0.25, 0.3) is 0 Å². The van der Waals surface area contributed by atoms with Gasteiger partial charge in [0.2, 0.25) is 17.7 Å². The van der Waals surface area contributed by atoms with Gasteiger partial charge in [0.1, 0.15) is 12.1 Å². The number of nitro benzene ring substituents is 1. The predicted molar refractivity (Wildman–Crippen MR) is 148 cm³/mol. The van der Waals surface area contributed by atoms with Crippen molar-refractivity contribution in [3.05, 3.63) is 63.2 Å². The summed E-state index contributed by atoms with van der Waals surface area (Å²) in [6, 6.07) is 6.35. The Labute approximate surface area is 237 Å². The second-order valence-electron chi connectivity index (χ2n) is 8.11. The molecule has 2 atom stereocenters. The number of carboxylic acids is 2. The average Bonchev–Trinajstić information content (AvgIpc) is 2.89. The quantitative estimate of drug-likeness (QED) is 0.109. The Balaban J connectivity index is 0.000000552. The smallest absolute Gasteiger partial charge is 0.327 e. The maximum absolute atomic E-state index is 11.8. The van der Waals surface area contributed by atoms with Crippen LogP contribution < -0.4 is 22.5 Å². The van der Waals surface area contributed by atoms with Gasteiger partial charge in [0.05, 0.1) is 9.82 Å². The zero-order valence-electron chi connectivity index (χ0n) is 21.5. The number of primary amides is 2. The van der Waals surface area contributed by atoms with Gasteiger partial charge in [-0.05, 0) is 55.5 Å². The lowest BCUT2D eigenvalue weighted by Gasteiger charge is -2.15. The largest absolute Gasteiger partial charge is 0.480 e. The number of rotatable bonds is 13. The number of carbonyl (C=O) groups is 5. The van der Waals surface area contributed by atoms with Crippen LogP contribution in [0.1, 0.15) is 39.1 Å². The highest BCUT2D eigenvalue weighted by molar-refractivity contribution is 7.99. The van der Waals surface area contributed by atoms with Crippen molar-refractivity contribution in [1.82, 2.24) is 5.32 Å². The fourth-order valence-electron chi connectivity index (χ4n) is 2.99. The number of carboxylic acid groups (broad SMARTS) is 2. The lowest BCUT2D eigenvalue weighted by molar-refractivity contribution is -0.387. The van der Waals surface area contributed by atoms with Crippen LogP contribution in [0.3, 0.4) is 0 Å². The number of amides is 3. The first-order valence-electron chi connectivity index (χ1n) is 11.3. The molecule has 14 nitrogen and oxygen atoms in total. The second kappa shape index (κ2) is 16.1. The van der Waals surface area contributed by atoms with E-state index in [0.717, 1.165) is 23.4 Å². The molecule has 0 aliphatic heterocycles. The van der Waals surface area contributed by atoms with Crippen molar-refractivity contribution in [3.63, 3.8) is 0 Å². The van der Waals surface area contributed by atoms with Gasteiger partial charge >= 0.3 is 11.9 Å². The van der Waals surface area contributed by atoms with Crippen molar-refractivity contribution in [2.24, 2.45) is 17.2 Å². The molecule has 40 heavy (non-hydrogen) atoms. The van der Waals surface area contributed by atoms with Crippen molar-refractivity contribution in [2.45, 2.75) is 41.6 Å². The Hall–Kier alpha value is -4.15. The average molecular weight is 596 g/mol. The summed E-state index contributed by atoms with van der Waals surface area (Å²) in [7, 11) is 0. The van der Waals surface area contributed by atoms with Crippen LogP contribution in [0.5, 0.6) is 0 Å². The van der Waals surface area contributed by atoms with Gasteiger partial charge in [-0.1, -0.05) is 0 Å². The lowest BCUT2D eigenvalue weighted by Crippen LogP contribution is -2.43. The van der Waals surface area contributed by atoms with Crippen LogP contribution in [0.15, 0.2) is 46.2 Å². The number of benzene rings is 2. The summed E-state index contributed by atoms with van der Waals surface area (Å²) >= 11 is 2.46. The van der Waals surface area contributed by atoms with Gasteiger partial charge in [0.25, 0.3) is 5.69 Å². The van der Waals surface area contributed by atoms with E-state index in [1.807, 2.05) is 25.3 Å². The molecule has 16 heteroatoms. The van der Waals surface area contributed by atoms with Crippen molar-refractivity contribution in [1.29, 1.82) is 0 Å². The van der Waals surface area contributed by atoms with Gasteiger partial charge in [-0.3, -0.25) is 29.3 Å². The fraction of sp³-hybridized carbons (Fsp3) is 0.292. The van der Waals surface area contributed by atoms with E-state index in [0.29, 0.717) is 5.56 Å². The number of nitro groups is 1. The summed E-state index contributed by atoms with van der Waals surface area (Å²) in [5.41, 5.74) is 16.6. The van der Waals surface area contributed by atoms with E-state index in [-0.39, 0.29) is 35.0 Å². The van der Waals surface area contributed by atoms with E-state index in [2.05, 4.69) is 5.32 Å². The number of hydrogen-bond donors (Lipinski definition) is 6. The standard InChI is InChI=1S/C15H18N4O8S.C9H11NOS/c16-8(14(22)23)2-4-12(20)18-9(15(24)25)6-28-11-3-1-7(13(17)21)5-10(11)19(26)27;1-6-5-7(9(10)11)3-4-8(6)12-2/h1,3,5,8-9H,2,4,6,16H2,(H2,17,21)(H,18,20)(H,22,23)(H,24,25);3-5H,1-2H3,(H2,10,11). The van der Waals surface area contributed by atoms with Gasteiger partial charge in [0, 0.05) is 34.3 Å². The minimum Gasteiger partial charge on any atom is -0.480 e. The molecule has 0 fully saturated rings. The number of hydrogen-bond acceptors (Lipinski definition) is 10. The molecule has 3 amide bonds. The van der Waals surface area contributed by atoms with E-state index in [4.69, 9.17) is 22.3 Å². The normalized spacial score (nSPS) is 11.8. The minimum atomic E-state index is -1.38. The number of nitrogens with zero attached hydrogens (tertiary/aromatic N) is 1. The molecule has 0 heterocycles. The molecule has 0 aliphatic carbocycles. The topological polar surface area (TPSA) is 259 Å². The summed E-state index contributed by atoms with van der Waals surface area (Å²) < 4.78 is 0. The first-order chi connectivity index (χ1) is 18.7. The molecule has 0 aliphatic rings. The monoisotopic (exact) mass is 595 g/mol. The number of nitrogens with one attached hydrogen (secondary N) is 1. The lowest BCUT2D eigenvalue weighted by atomic mass is 10.1. The molecule has 0 radical (unpaired) electrons. The molecule has 9 N–H and O–H groups in total. The van der Waals surface area contributed by atoms with Gasteiger partial charge < -0.3 is 32.7 Å². The first-order valence-corrected chi connectivity index (χ1v) is 13.5. The number of carbonyl (C=O) groups excluding carboxylic acids is 3. The summed E-state index contributed by atoms with van der Waals surface area (Å²) in [5.74, 6) is -4.85. The van der Waals surface area contributed by atoms with E-state index in [1.54, 1.807) is 17.8 Å². The van der Waals surface area contributed by atoms with Crippen LogP contribution >= 0.6 is 23.5 Å². The molecule has 0 bridgehead atoms. The van der Waals surface area contributed by atoms with Crippen molar-refractivity contribution >= 4 is 58.9 Å². The number of nitrogens with two attached hydrogens (primary N) is 3. The third-order valence-electron chi connectivity index (χ3n) is 5.16. The predicted octanol–water partition coefficient (Wildman–Crippen LogP) is 1.36. The molecular weight excluding hydrogens is 566 g/mol. The molecular formula is C24H29N5O9S2. The van der Waals surface area contributed by atoms with E-state index >= 15 is 0 Å². The Morgan fingerprint density at radius 2 is 1.52 bits per heavy atom. The highest BCUT2D eigenvalue weighted by atomic mass is 32.2. The maximum atomic E-state index is 11.8. The number of thioether (sulfide) groups is 2. The molecule has 2 aromatic carbocycles. The summed E-state index contributed by atoms with van der Waals surface area (Å²) in [6.07, 6.45) is 1.53. The van der Waals surface area contributed by atoms with Crippen LogP contribution in [0.2, 0.25) is 0 Å². The van der Waals surface area contributed by atoms with Crippen LogP contribution in [-0.4, -0.2) is 68.9 Å². The van der Waals surface area contributed by atoms with Gasteiger partial charge in [-0.15, -0.1) is 23.5 Å². The summed E-state index contributed by atoms with van der Waals surface area (Å²) in [6.45, 7) is 1.97. The number of aryl methyl sites for hydroxylation is 1. The molecule has 0 spiro atoms. The third-order valence-corrected chi connectivity index (χ3v) is 7.21. The second-order valence-corrected chi connectivity index (χ2v) is 10.0. The van der Waals surface area contributed by atoms with Gasteiger partial charge in [-0.25, -0.2) is 4.79 Å².